The van der Waals surface area contributed by atoms with Crippen LogP contribution in [-0.2, 0) is 14.9 Å². The van der Waals surface area contributed by atoms with Gasteiger partial charge in [0, 0.05) is 32.2 Å². The first-order valence-electron chi connectivity index (χ1n) is 6.62. The average Bonchev–Trinajstić information content (AvgIpc) is 2.33. The van der Waals surface area contributed by atoms with E-state index >= 15 is 0 Å². The first-order chi connectivity index (χ1) is 8.78. The highest BCUT2D eigenvalue weighted by Crippen LogP contribution is 2.34. The van der Waals surface area contributed by atoms with Crippen LogP contribution in [0.25, 0.3) is 0 Å². The third-order valence-electron chi connectivity index (χ3n) is 3.80. The second-order valence-electron chi connectivity index (χ2n) is 5.05. The van der Waals surface area contributed by atoms with Gasteiger partial charge in [-0.1, -0.05) is 24.3 Å². The maximum absolute atomic E-state index is 5.61. The van der Waals surface area contributed by atoms with E-state index in [2.05, 4.69) is 36.5 Å². The zero-order valence-electron chi connectivity index (χ0n) is 11.4. The van der Waals surface area contributed by atoms with E-state index in [0.717, 1.165) is 26.1 Å². The van der Waals surface area contributed by atoms with Crippen LogP contribution in [0.3, 0.4) is 0 Å². The van der Waals surface area contributed by atoms with E-state index in [9.17, 15) is 0 Å². The molecule has 0 radical (unpaired) electrons. The number of methoxy groups -OCH3 is 1. The van der Waals surface area contributed by atoms with E-state index in [1.54, 1.807) is 7.11 Å². The molecule has 0 aromatic heterocycles. The van der Waals surface area contributed by atoms with E-state index in [1.807, 2.05) is 0 Å². The molecule has 3 nitrogen and oxygen atoms in total. The van der Waals surface area contributed by atoms with Crippen LogP contribution in [0, 0.1) is 6.92 Å². The van der Waals surface area contributed by atoms with Gasteiger partial charge in [0.05, 0.1) is 13.2 Å². The van der Waals surface area contributed by atoms with Gasteiger partial charge >= 0.3 is 0 Å². The fourth-order valence-corrected chi connectivity index (χ4v) is 2.61. The summed E-state index contributed by atoms with van der Waals surface area (Å²) >= 11 is 0. The molecular formula is C15H23NO2. The molecule has 1 saturated heterocycles. The van der Waals surface area contributed by atoms with Gasteiger partial charge in [0.2, 0.25) is 0 Å². The van der Waals surface area contributed by atoms with Crippen molar-refractivity contribution >= 4 is 0 Å². The highest BCUT2D eigenvalue weighted by atomic mass is 16.5. The molecule has 1 heterocycles. The zero-order valence-corrected chi connectivity index (χ0v) is 11.4. The van der Waals surface area contributed by atoms with Crippen LogP contribution in [0.1, 0.15) is 17.5 Å². The number of ether oxygens (including phenoxy) is 2. The molecule has 1 N–H and O–H groups in total. The molecule has 1 aliphatic heterocycles. The van der Waals surface area contributed by atoms with Crippen molar-refractivity contribution < 1.29 is 9.47 Å². The summed E-state index contributed by atoms with van der Waals surface area (Å²) < 4.78 is 10.6. The minimum atomic E-state index is 0.276. The summed E-state index contributed by atoms with van der Waals surface area (Å²) in [5.41, 5.74) is 3.13. The number of aryl methyl sites for hydroxylation is 1. The molecule has 0 unspecified atom stereocenters. The Labute approximate surface area is 109 Å². The lowest BCUT2D eigenvalue weighted by molar-refractivity contribution is 0.0545. The molecule has 3 heteroatoms. The summed E-state index contributed by atoms with van der Waals surface area (Å²) in [7, 11) is 1.70. The predicted molar refractivity (Wildman–Crippen MR) is 73.0 cm³/mol. The average molecular weight is 249 g/mol. The van der Waals surface area contributed by atoms with Crippen LogP contribution in [0.4, 0.5) is 0 Å². The summed E-state index contributed by atoms with van der Waals surface area (Å²) in [5.74, 6) is 0. The van der Waals surface area contributed by atoms with Crippen molar-refractivity contribution in [1.82, 2.24) is 5.32 Å². The van der Waals surface area contributed by atoms with Gasteiger partial charge in [0.25, 0.3) is 0 Å². The van der Waals surface area contributed by atoms with Crippen LogP contribution in [0.2, 0.25) is 0 Å². The molecule has 1 fully saturated rings. The van der Waals surface area contributed by atoms with Gasteiger partial charge in [-0.05, 0) is 24.5 Å². The summed E-state index contributed by atoms with van der Waals surface area (Å²) in [4.78, 5) is 0. The monoisotopic (exact) mass is 249 g/mol. The zero-order chi connectivity index (χ0) is 12.8. The van der Waals surface area contributed by atoms with Gasteiger partial charge in [-0.15, -0.1) is 0 Å². The van der Waals surface area contributed by atoms with Gasteiger partial charge in [0.1, 0.15) is 0 Å². The molecule has 0 spiro atoms. The lowest BCUT2D eigenvalue weighted by Crippen LogP contribution is -2.57. The highest BCUT2D eigenvalue weighted by molar-refractivity contribution is 5.36. The van der Waals surface area contributed by atoms with Crippen molar-refractivity contribution in [2.24, 2.45) is 0 Å². The minimum Gasteiger partial charge on any atom is -0.382 e. The molecule has 0 amide bonds. The number of rotatable bonds is 7. The summed E-state index contributed by atoms with van der Waals surface area (Å²) in [5, 5.41) is 3.40. The molecule has 1 aromatic carbocycles. The number of nitrogens with one attached hydrogen (secondary N) is 1. The lowest BCUT2D eigenvalue weighted by Gasteiger charge is -2.44. The van der Waals surface area contributed by atoms with E-state index < -0.39 is 0 Å². The van der Waals surface area contributed by atoms with E-state index in [4.69, 9.17) is 9.47 Å². The van der Waals surface area contributed by atoms with Crippen LogP contribution in [0.15, 0.2) is 24.3 Å². The Bertz CT molecular complexity index is 375. The first kappa shape index (κ1) is 13.5. The van der Waals surface area contributed by atoms with E-state index in [0.29, 0.717) is 13.2 Å². The smallest absolute Gasteiger partial charge is 0.0700 e. The molecule has 1 aromatic rings. The molecular weight excluding hydrogens is 226 g/mol. The quantitative estimate of drug-likeness (QED) is 0.749. The van der Waals surface area contributed by atoms with Crippen LogP contribution in [0.5, 0.6) is 0 Å². The summed E-state index contributed by atoms with van der Waals surface area (Å²) in [6, 6.07) is 8.69. The second-order valence-corrected chi connectivity index (χ2v) is 5.05. The minimum absolute atomic E-state index is 0.276. The van der Waals surface area contributed by atoms with Crippen molar-refractivity contribution in [2.75, 3.05) is 40.0 Å². The highest BCUT2D eigenvalue weighted by Gasteiger charge is 2.38. The van der Waals surface area contributed by atoms with E-state index in [-0.39, 0.29) is 5.41 Å². The number of hydrogen-bond donors (Lipinski definition) is 1. The van der Waals surface area contributed by atoms with Crippen LogP contribution in [-0.4, -0.2) is 40.0 Å². The SMILES string of the molecule is COCCOCCC1(c2ccccc2C)CNC1. The molecule has 0 bridgehead atoms. The van der Waals surface area contributed by atoms with Gasteiger partial charge in [-0.25, -0.2) is 0 Å². The molecule has 0 atom stereocenters. The Morgan fingerprint density at radius 2 is 1.94 bits per heavy atom. The largest absolute Gasteiger partial charge is 0.382 e. The summed E-state index contributed by atoms with van der Waals surface area (Å²) in [6.45, 7) is 6.49. The first-order valence-corrected chi connectivity index (χ1v) is 6.62. The molecule has 0 saturated carbocycles. The van der Waals surface area contributed by atoms with E-state index in [1.165, 1.54) is 11.1 Å². The van der Waals surface area contributed by atoms with Crippen molar-refractivity contribution in [3.05, 3.63) is 35.4 Å². The van der Waals surface area contributed by atoms with Crippen molar-refractivity contribution in [1.29, 1.82) is 0 Å². The molecule has 2 rings (SSSR count). The van der Waals surface area contributed by atoms with Crippen LogP contribution < -0.4 is 5.32 Å². The Kier molecular flexibility index (Phi) is 4.75. The third-order valence-corrected chi connectivity index (χ3v) is 3.80. The van der Waals surface area contributed by atoms with Gasteiger partial charge in [0.15, 0.2) is 0 Å². The lowest BCUT2D eigenvalue weighted by atomic mass is 9.71. The Morgan fingerprint density at radius 3 is 2.56 bits per heavy atom. The van der Waals surface area contributed by atoms with Gasteiger partial charge in [-0.2, -0.15) is 0 Å². The second kappa shape index (κ2) is 6.32. The van der Waals surface area contributed by atoms with Crippen LogP contribution >= 0.6 is 0 Å². The molecule has 0 aliphatic carbocycles. The topological polar surface area (TPSA) is 30.5 Å². The maximum Gasteiger partial charge on any atom is 0.0700 e. The van der Waals surface area contributed by atoms with Crippen molar-refractivity contribution in [2.45, 2.75) is 18.8 Å². The van der Waals surface area contributed by atoms with Crippen molar-refractivity contribution in [3.8, 4) is 0 Å². The van der Waals surface area contributed by atoms with Gasteiger partial charge in [-0.3, -0.25) is 0 Å². The predicted octanol–water partition coefficient (Wildman–Crippen LogP) is 1.89. The maximum atomic E-state index is 5.61. The Hall–Kier alpha value is -0.900. The number of benzene rings is 1. The molecule has 1 aliphatic rings. The van der Waals surface area contributed by atoms with Crippen molar-refractivity contribution in [3.63, 3.8) is 0 Å². The summed E-state index contributed by atoms with van der Waals surface area (Å²) in [6.07, 6.45) is 1.08. The fourth-order valence-electron chi connectivity index (χ4n) is 2.61. The Morgan fingerprint density at radius 1 is 1.17 bits per heavy atom. The normalized spacial score (nSPS) is 17.4. The molecule has 100 valence electrons. The third kappa shape index (κ3) is 2.91. The number of hydrogen-bond acceptors (Lipinski definition) is 3. The fraction of sp³-hybridized carbons (Fsp3) is 0.600. The van der Waals surface area contributed by atoms with Gasteiger partial charge < -0.3 is 14.8 Å². The molecule has 18 heavy (non-hydrogen) atoms. The Balaban J connectivity index is 1.92. The standard InChI is InChI=1S/C15H23NO2/c1-13-5-3-4-6-14(13)15(11-16-12-15)7-8-18-10-9-17-2/h3-6,16H,7-12H2,1-2H3.